The van der Waals surface area contributed by atoms with Gasteiger partial charge in [-0.05, 0) is 44.2 Å². The third kappa shape index (κ3) is 3.26. The molecule has 0 saturated carbocycles. The number of nitrogens with one attached hydrogen (secondary N) is 2. The van der Waals surface area contributed by atoms with Crippen molar-refractivity contribution in [1.29, 1.82) is 0 Å². The van der Waals surface area contributed by atoms with Gasteiger partial charge in [0, 0.05) is 17.8 Å². The number of carbonyl (C=O) groups excluding carboxylic acids is 2. The average molecular weight is 272 g/mol. The number of aryl methyl sites for hydroxylation is 1. The highest BCUT2D eigenvalue weighted by Crippen LogP contribution is 2.13. The van der Waals surface area contributed by atoms with Gasteiger partial charge in [-0.1, -0.05) is 6.07 Å². The molecule has 20 heavy (non-hydrogen) atoms. The molecule has 5 nitrogen and oxygen atoms in total. The number of hydrogen-bond acceptors (Lipinski definition) is 3. The van der Waals surface area contributed by atoms with Gasteiger partial charge in [0.05, 0.1) is 0 Å². The second-order valence-corrected chi connectivity index (χ2v) is 4.30. The van der Waals surface area contributed by atoms with Crippen LogP contribution in [-0.4, -0.2) is 18.4 Å². The molecule has 2 rings (SSSR count). The van der Waals surface area contributed by atoms with Crippen molar-refractivity contribution in [3.63, 3.8) is 0 Å². The van der Waals surface area contributed by atoms with Crippen LogP contribution in [0.4, 0.5) is 5.69 Å². The number of hydrogen-bond donors (Lipinski definition) is 2. The van der Waals surface area contributed by atoms with E-state index in [9.17, 15) is 9.59 Å². The molecular weight excluding hydrogens is 256 g/mol. The number of carbonyl (C=O) groups is 2. The van der Waals surface area contributed by atoms with E-state index < -0.39 is 0 Å². The van der Waals surface area contributed by atoms with Crippen LogP contribution in [0, 0.1) is 6.92 Å². The quantitative estimate of drug-likeness (QED) is 0.898. The monoisotopic (exact) mass is 272 g/mol. The van der Waals surface area contributed by atoms with E-state index >= 15 is 0 Å². The van der Waals surface area contributed by atoms with Gasteiger partial charge in [-0.15, -0.1) is 0 Å². The second-order valence-electron chi connectivity index (χ2n) is 4.30. The van der Waals surface area contributed by atoms with Gasteiger partial charge >= 0.3 is 0 Å². The van der Waals surface area contributed by atoms with E-state index in [0.717, 1.165) is 0 Å². The topological polar surface area (TPSA) is 71.3 Å². The Morgan fingerprint density at radius 2 is 1.95 bits per heavy atom. The predicted octanol–water partition coefficient (Wildman–Crippen LogP) is 2.59. The van der Waals surface area contributed by atoms with Crippen LogP contribution in [0.1, 0.15) is 33.6 Å². The Kier molecular flexibility index (Phi) is 4.20. The van der Waals surface area contributed by atoms with Crippen molar-refractivity contribution >= 4 is 17.5 Å². The van der Waals surface area contributed by atoms with Gasteiger partial charge in [0.15, 0.2) is 5.76 Å². The van der Waals surface area contributed by atoms with Crippen LogP contribution < -0.4 is 10.6 Å². The summed E-state index contributed by atoms with van der Waals surface area (Å²) < 4.78 is 5.24. The molecule has 0 spiro atoms. The molecule has 5 heteroatoms. The molecule has 0 atom stereocenters. The molecule has 0 fully saturated rings. The summed E-state index contributed by atoms with van der Waals surface area (Å²) in [7, 11) is 0. The largest absolute Gasteiger partial charge is 0.456 e. The first-order valence-corrected chi connectivity index (χ1v) is 6.36. The molecule has 0 unspecified atom stereocenters. The van der Waals surface area contributed by atoms with Gasteiger partial charge in [-0.25, -0.2) is 0 Å². The third-order valence-electron chi connectivity index (χ3n) is 2.68. The maximum Gasteiger partial charge on any atom is 0.291 e. The van der Waals surface area contributed by atoms with Crippen LogP contribution in [0.2, 0.25) is 0 Å². The summed E-state index contributed by atoms with van der Waals surface area (Å²) >= 11 is 0. The molecule has 1 heterocycles. The lowest BCUT2D eigenvalue weighted by molar-refractivity contribution is 0.0953. The summed E-state index contributed by atoms with van der Waals surface area (Å²) in [6.45, 7) is 4.18. The molecular formula is C15H16N2O3. The van der Waals surface area contributed by atoms with Crippen LogP contribution in [-0.2, 0) is 0 Å². The van der Waals surface area contributed by atoms with E-state index in [1.54, 1.807) is 43.3 Å². The fourth-order valence-electron chi connectivity index (χ4n) is 1.75. The number of benzene rings is 1. The van der Waals surface area contributed by atoms with Gasteiger partial charge in [-0.3, -0.25) is 9.59 Å². The van der Waals surface area contributed by atoms with E-state index in [2.05, 4.69) is 10.6 Å². The van der Waals surface area contributed by atoms with E-state index in [0.29, 0.717) is 23.6 Å². The average Bonchev–Trinajstić information content (AvgIpc) is 2.86. The highest BCUT2D eigenvalue weighted by molar-refractivity contribution is 6.03. The molecule has 2 amide bonds. The molecule has 104 valence electrons. The highest BCUT2D eigenvalue weighted by Gasteiger charge is 2.11. The predicted molar refractivity (Wildman–Crippen MR) is 75.8 cm³/mol. The van der Waals surface area contributed by atoms with E-state index in [-0.39, 0.29) is 17.6 Å². The van der Waals surface area contributed by atoms with Crippen LogP contribution in [0.15, 0.2) is 40.8 Å². The Morgan fingerprint density at radius 1 is 1.15 bits per heavy atom. The fourth-order valence-corrected chi connectivity index (χ4v) is 1.75. The minimum absolute atomic E-state index is 0.169. The van der Waals surface area contributed by atoms with Crippen LogP contribution >= 0.6 is 0 Å². The SMILES string of the molecule is CCNC(=O)c1cccc(NC(=O)c2ccc(C)o2)c1. The first-order chi connectivity index (χ1) is 9.60. The Labute approximate surface area is 117 Å². The second kappa shape index (κ2) is 6.06. The zero-order chi connectivity index (χ0) is 14.5. The Balaban J connectivity index is 2.12. The fraction of sp³-hybridized carbons (Fsp3) is 0.200. The molecule has 2 aromatic rings. The summed E-state index contributed by atoms with van der Waals surface area (Å²) in [5.74, 6) is 0.403. The lowest BCUT2D eigenvalue weighted by atomic mass is 10.2. The molecule has 1 aromatic heterocycles. The molecule has 0 aliphatic heterocycles. The number of amides is 2. The molecule has 0 saturated heterocycles. The van der Waals surface area contributed by atoms with Crippen molar-refractivity contribution in [1.82, 2.24) is 5.32 Å². The van der Waals surface area contributed by atoms with Crippen molar-refractivity contribution in [2.45, 2.75) is 13.8 Å². The van der Waals surface area contributed by atoms with E-state index in [4.69, 9.17) is 4.42 Å². The molecule has 2 N–H and O–H groups in total. The van der Waals surface area contributed by atoms with E-state index in [1.807, 2.05) is 6.92 Å². The third-order valence-corrected chi connectivity index (χ3v) is 2.68. The zero-order valence-electron chi connectivity index (χ0n) is 11.4. The molecule has 0 radical (unpaired) electrons. The Morgan fingerprint density at radius 3 is 2.60 bits per heavy atom. The standard InChI is InChI=1S/C15H16N2O3/c1-3-16-14(18)11-5-4-6-12(9-11)17-15(19)13-8-7-10(2)20-13/h4-9H,3H2,1-2H3,(H,16,18)(H,17,19). The van der Waals surface area contributed by atoms with E-state index in [1.165, 1.54) is 0 Å². The van der Waals surface area contributed by atoms with Crippen molar-refractivity contribution in [2.75, 3.05) is 11.9 Å². The first kappa shape index (κ1) is 13.9. The minimum Gasteiger partial charge on any atom is -0.456 e. The van der Waals surface area contributed by atoms with Crippen molar-refractivity contribution < 1.29 is 14.0 Å². The van der Waals surface area contributed by atoms with Gasteiger partial charge in [0.1, 0.15) is 5.76 Å². The maximum absolute atomic E-state index is 11.9. The van der Waals surface area contributed by atoms with Crippen molar-refractivity contribution in [2.24, 2.45) is 0 Å². The van der Waals surface area contributed by atoms with Crippen molar-refractivity contribution in [3.05, 3.63) is 53.5 Å². The highest BCUT2D eigenvalue weighted by atomic mass is 16.3. The van der Waals surface area contributed by atoms with Crippen LogP contribution in [0.3, 0.4) is 0 Å². The minimum atomic E-state index is -0.342. The lowest BCUT2D eigenvalue weighted by Crippen LogP contribution is -2.22. The Hall–Kier alpha value is -2.56. The van der Waals surface area contributed by atoms with Gasteiger partial charge in [0.2, 0.25) is 0 Å². The van der Waals surface area contributed by atoms with Crippen molar-refractivity contribution in [3.8, 4) is 0 Å². The van der Waals surface area contributed by atoms with Gasteiger partial charge in [0.25, 0.3) is 11.8 Å². The lowest BCUT2D eigenvalue weighted by Gasteiger charge is -2.06. The molecule has 0 bridgehead atoms. The zero-order valence-corrected chi connectivity index (χ0v) is 11.4. The number of furan rings is 1. The van der Waals surface area contributed by atoms with Gasteiger partial charge in [-0.2, -0.15) is 0 Å². The maximum atomic E-state index is 11.9. The number of rotatable bonds is 4. The molecule has 1 aromatic carbocycles. The summed E-state index contributed by atoms with van der Waals surface area (Å²) in [5.41, 5.74) is 1.05. The summed E-state index contributed by atoms with van der Waals surface area (Å²) in [4.78, 5) is 23.6. The summed E-state index contributed by atoms with van der Waals surface area (Å²) in [5, 5.41) is 5.40. The number of anilines is 1. The van der Waals surface area contributed by atoms with Gasteiger partial charge < -0.3 is 15.1 Å². The smallest absolute Gasteiger partial charge is 0.291 e. The summed E-state index contributed by atoms with van der Waals surface area (Å²) in [6.07, 6.45) is 0. The summed E-state index contributed by atoms with van der Waals surface area (Å²) in [6, 6.07) is 10.1. The molecule has 0 aliphatic carbocycles. The molecule has 0 aliphatic rings. The normalized spacial score (nSPS) is 10.1. The van der Waals surface area contributed by atoms with Crippen LogP contribution in [0.25, 0.3) is 0 Å². The first-order valence-electron chi connectivity index (χ1n) is 6.36. The van der Waals surface area contributed by atoms with Crippen LogP contribution in [0.5, 0.6) is 0 Å². The Bertz CT molecular complexity index is 632.